The van der Waals surface area contributed by atoms with Crippen molar-refractivity contribution in [1.29, 1.82) is 5.26 Å². The first-order valence-electron chi connectivity index (χ1n) is 7.32. The lowest BCUT2D eigenvalue weighted by Crippen LogP contribution is -2.12. The summed E-state index contributed by atoms with van der Waals surface area (Å²) < 4.78 is 7.64. The van der Waals surface area contributed by atoms with Crippen LogP contribution in [0, 0.1) is 17.2 Å². The summed E-state index contributed by atoms with van der Waals surface area (Å²) in [5, 5.41) is 16.7. The van der Waals surface area contributed by atoms with Gasteiger partial charge in [0, 0.05) is 29.4 Å². The van der Waals surface area contributed by atoms with Gasteiger partial charge in [-0.25, -0.2) is 9.67 Å². The number of nitriles is 1. The van der Waals surface area contributed by atoms with Crippen LogP contribution in [0.1, 0.15) is 17.7 Å². The molecule has 2 aromatic heterocycles. The van der Waals surface area contributed by atoms with E-state index >= 15 is 0 Å². The molecule has 0 bridgehead atoms. The van der Waals surface area contributed by atoms with Crippen molar-refractivity contribution in [3.63, 3.8) is 0 Å². The smallest absolute Gasteiger partial charge is 0.140 e. The van der Waals surface area contributed by atoms with E-state index in [1.54, 1.807) is 23.1 Å². The summed E-state index contributed by atoms with van der Waals surface area (Å²) in [5.74, 6) is 1.16. The maximum Gasteiger partial charge on any atom is 0.140 e. The average molecular weight is 303 g/mol. The first-order valence-corrected chi connectivity index (χ1v) is 7.32. The summed E-state index contributed by atoms with van der Waals surface area (Å²) >= 11 is 0. The quantitative estimate of drug-likeness (QED) is 0.870. The van der Waals surface area contributed by atoms with E-state index in [-0.39, 0.29) is 5.92 Å². The summed E-state index contributed by atoms with van der Waals surface area (Å²) in [6.45, 7) is 0.668. The fourth-order valence-corrected chi connectivity index (χ4v) is 2.89. The fraction of sp³-hybridized carbons (Fsp3) is 0.176. The Morgan fingerprint density at radius 1 is 1.39 bits per heavy atom. The number of hydrogen-bond donors (Lipinski definition) is 0. The molecule has 0 radical (unpaired) electrons. The Morgan fingerprint density at radius 3 is 3.09 bits per heavy atom. The molecule has 1 atom stereocenters. The molecule has 0 unspecified atom stereocenters. The number of fused-ring (bicyclic) bond motifs is 1. The van der Waals surface area contributed by atoms with Crippen LogP contribution < -0.4 is 0 Å². The zero-order valence-electron chi connectivity index (χ0n) is 12.3. The molecule has 1 aliphatic carbocycles. The molecule has 2 aliphatic rings. The van der Waals surface area contributed by atoms with Gasteiger partial charge < -0.3 is 4.74 Å². The Balaban J connectivity index is 1.64. The number of aromatic nitrogens is 4. The third-order valence-corrected chi connectivity index (χ3v) is 4.03. The summed E-state index contributed by atoms with van der Waals surface area (Å²) in [5.41, 5.74) is 3.56. The molecule has 3 heterocycles. The predicted molar refractivity (Wildman–Crippen MR) is 82.3 cm³/mol. The van der Waals surface area contributed by atoms with E-state index < -0.39 is 0 Å². The summed E-state index contributed by atoms with van der Waals surface area (Å²) in [6.07, 6.45) is 12.1. The van der Waals surface area contributed by atoms with Gasteiger partial charge in [-0.1, -0.05) is 17.4 Å². The molecule has 23 heavy (non-hydrogen) atoms. The van der Waals surface area contributed by atoms with Gasteiger partial charge in [-0.3, -0.25) is 0 Å². The van der Waals surface area contributed by atoms with Crippen LogP contribution in [0.5, 0.6) is 0 Å². The molecule has 0 N–H and O–H groups in total. The average Bonchev–Trinajstić information content (AvgIpc) is 3.25. The lowest BCUT2D eigenvalue weighted by atomic mass is 9.87. The van der Waals surface area contributed by atoms with E-state index in [9.17, 15) is 0 Å². The maximum atomic E-state index is 8.86. The van der Waals surface area contributed by atoms with E-state index in [4.69, 9.17) is 10.00 Å². The number of ether oxygens (including phenoxy) is 1. The standard InChI is InChI=1S/C17H13N5O/c18-8-14-5-4-12(9-19-14)15-2-1-3-16-13(11-23-17(15)16)10-22-7-6-20-21-22/h1-2,4-7,9,11,16H,3,10H2/t16-/m0/s1. The van der Waals surface area contributed by atoms with Crippen molar-refractivity contribution >= 4 is 5.57 Å². The Hall–Kier alpha value is -3.20. The number of rotatable bonds is 3. The maximum absolute atomic E-state index is 8.86. The van der Waals surface area contributed by atoms with Crippen molar-refractivity contribution in [1.82, 2.24) is 20.0 Å². The van der Waals surface area contributed by atoms with Crippen LogP contribution in [-0.2, 0) is 11.3 Å². The minimum atomic E-state index is 0.217. The molecular formula is C17H13N5O. The van der Waals surface area contributed by atoms with E-state index in [1.807, 2.05) is 24.6 Å². The van der Waals surface area contributed by atoms with Gasteiger partial charge in [0.1, 0.15) is 17.5 Å². The zero-order valence-corrected chi connectivity index (χ0v) is 12.3. The van der Waals surface area contributed by atoms with E-state index in [1.165, 1.54) is 5.57 Å². The van der Waals surface area contributed by atoms with Crippen LogP contribution in [0.25, 0.3) is 5.57 Å². The second kappa shape index (κ2) is 5.54. The van der Waals surface area contributed by atoms with Crippen LogP contribution in [0.15, 0.2) is 60.5 Å². The van der Waals surface area contributed by atoms with Crippen molar-refractivity contribution in [2.75, 3.05) is 0 Å². The topological polar surface area (TPSA) is 76.6 Å². The van der Waals surface area contributed by atoms with Crippen molar-refractivity contribution < 1.29 is 4.74 Å². The molecule has 2 aromatic rings. The van der Waals surface area contributed by atoms with Gasteiger partial charge in [0.25, 0.3) is 0 Å². The highest BCUT2D eigenvalue weighted by atomic mass is 16.5. The van der Waals surface area contributed by atoms with Crippen molar-refractivity contribution in [2.24, 2.45) is 5.92 Å². The Morgan fingerprint density at radius 2 is 2.35 bits per heavy atom. The molecule has 0 amide bonds. The first-order chi connectivity index (χ1) is 11.3. The van der Waals surface area contributed by atoms with Crippen LogP contribution in [0.3, 0.4) is 0 Å². The SMILES string of the molecule is N#Cc1ccc(C2=C3OC=C(Cn4ccnn4)[C@@H]3CC=C2)cn1. The van der Waals surface area contributed by atoms with Crippen molar-refractivity contribution in [2.45, 2.75) is 13.0 Å². The molecule has 1 aliphatic heterocycles. The predicted octanol–water partition coefficient (Wildman–Crippen LogP) is 2.45. The molecule has 6 heteroatoms. The summed E-state index contributed by atoms with van der Waals surface area (Å²) in [7, 11) is 0. The molecular weight excluding hydrogens is 290 g/mol. The highest BCUT2D eigenvalue weighted by Gasteiger charge is 2.30. The largest absolute Gasteiger partial charge is 0.468 e. The van der Waals surface area contributed by atoms with Gasteiger partial charge in [-0.15, -0.1) is 5.10 Å². The van der Waals surface area contributed by atoms with Gasteiger partial charge in [0.15, 0.2) is 0 Å². The minimum absolute atomic E-state index is 0.217. The Kier molecular flexibility index (Phi) is 3.24. The molecule has 6 nitrogen and oxygen atoms in total. The number of nitrogens with zero attached hydrogens (tertiary/aromatic N) is 5. The van der Waals surface area contributed by atoms with Gasteiger partial charge >= 0.3 is 0 Å². The van der Waals surface area contributed by atoms with E-state index in [2.05, 4.69) is 27.4 Å². The van der Waals surface area contributed by atoms with E-state index in [0.717, 1.165) is 23.3 Å². The molecule has 0 saturated heterocycles. The number of hydrogen-bond acceptors (Lipinski definition) is 5. The fourth-order valence-electron chi connectivity index (χ4n) is 2.89. The van der Waals surface area contributed by atoms with Crippen LogP contribution in [-0.4, -0.2) is 20.0 Å². The Bertz CT molecular complexity index is 853. The van der Waals surface area contributed by atoms with Crippen molar-refractivity contribution in [3.05, 3.63) is 71.7 Å². The normalized spacial score (nSPS) is 19.1. The molecule has 4 rings (SSSR count). The third-order valence-electron chi connectivity index (χ3n) is 4.03. The molecule has 0 aromatic carbocycles. The highest BCUT2D eigenvalue weighted by Crippen LogP contribution is 2.41. The first kappa shape index (κ1) is 13.5. The van der Waals surface area contributed by atoms with Crippen molar-refractivity contribution in [3.8, 4) is 6.07 Å². The molecule has 0 saturated carbocycles. The monoisotopic (exact) mass is 303 g/mol. The molecule has 0 spiro atoms. The second-order valence-electron chi connectivity index (χ2n) is 5.42. The van der Waals surface area contributed by atoms with Gasteiger partial charge in [0.05, 0.1) is 19.0 Å². The third kappa shape index (κ3) is 2.42. The molecule has 112 valence electrons. The number of pyridine rings is 1. The Labute approximate surface area is 133 Å². The lowest BCUT2D eigenvalue weighted by molar-refractivity contribution is 0.344. The zero-order chi connectivity index (χ0) is 15.6. The van der Waals surface area contributed by atoms with Crippen LogP contribution in [0.4, 0.5) is 0 Å². The summed E-state index contributed by atoms with van der Waals surface area (Å²) in [6, 6.07) is 5.66. The lowest BCUT2D eigenvalue weighted by Gasteiger charge is -2.19. The van der Waals surface area contributed by atoms with Crippen LogP contribution >= 0.6 is 0 Å². The van der Waals surface area contributed by atoms with Gasteiger partial charge in [-0.05, 0) is 24.1 Å². The minimum Gasteiger partial charge on any atom is -0.468 e. The second-order valence-corrected chi connectivity index (χ2v) is 5.42. The van der Waals surface area contributed by atoms with Gasteiger partial charge in [0.2, 0.25) is 0 Å². The highest BCUT2D eigenvalue weighted by molar-refractivity contribution is 5.77. The van der Waals surface area contributed by atoms with Crippen LogP contribution in [0.2, 0.25) is 0 Å². The number of allylic oxidation sites excluding steroid dienone is 4. The van der Waals surface area contributed by atoms with Gasteiger partial charge in [-0.2, -0.15) is 5.26 Å². The summed E-state index contributed by atoms with van der Waals surface area (Å²) in [4.78, 5) is 4.14. The van der Waals surface area contributed by atoms with E-state index in [0.29, 0.717) is 12.2 Å². The molecule has 0 fully saturated rings.